The first-order chi connectivity index (χ1) is 5.38. The fourth-order valence-corrected chi connectivity index (χ4v) is 1.36. The Labute approximate surface area is 98.9 Å². The number of hydrogen-bond donors (Lipinski definition) is 1. The van der Waals surface area contributed by atoms with Gasteiger partial charge in [0.25, 0.3) is 0 Å². The number of fused-ring (bicyclic) bond motifs is 1. The Morgan fingerprint density at radius 1 is 1.08 bits per heavy atom. The van der Waals surface area contributed by atoms with Crippen molar-refractivity contribution in [3.05, 3.63) is 36.5 Å². The van der Waals surface area contributed by atoms with Crippen LogP contribution < -0.4 is 0 Å². The minimum atomic E-state index is 0. The Kier molecular flexibility index (Phi) is 3.59. The van der Waals surface area contributed by atoms with E-state index in [0.29, 0.717) is 0 Å². The first-order valence-corrected chi connectivity index (χ1v) is 3.85. The van der Waals surface area contributed by atoms with E-state index in [-0.39, 0.29) is 29.6 Å². The monoisotopic (exact) mass is 185 g/mol. The molecule has 0 aliphatic rings. The van der Waals surface area contributed by atoms with Crippen LogP contribution in [0.2, 0.25) is 0 Å². The van der Waals surface area contributed by atoms with Crippen molar-refractivity contribution < 1.29 is 0 Å². The van der Waals surface area contributed by atoms with E-state index >= 15 is 0 Å². The van der Waals surface area contributed by atoms with E-state index in [9.17, 15) is 0 Å². The van der Waals surface area contributed by atoms with Crippen molar-refractivity contribution in [3.63, 3.8) is 0 Å². The summed E-state index contributed by atoms with van der Waals surface area (Å²) in [5.41, 5.74) is 0.971. The molecule has 1 aromatic carbocycles. The molecule has 0 atom stereocenters. The molecular formula is C9H8NNaS. The molecule has 0 amide bonds. The molecule has 0 saturated heterocycles. The second-order valence-corrected chi connectivity index (χ2v) is 2.83. The summed E-state index contributed by atoms with van der Waals surface area (Å²) in [6.45, 7) is 0. The average Bonchev–Trinajstić information content (AvgIpc) is 2.06. The number of rotatable bonds is 0. The summed E-state index contributed by atoms with van der Waals surface area (Å²) >= 11 is 4.29. The summed E-state index contributed by atoms with van der Waals surface area (Å²) in [4.78, 5) is 5.14. The molecule has 2 aromatic rings. The van der Waals surface area contributed by atoms with Gasteiger partial charge in [0.15, 0.2) is 0 Å². The third kappa shape index (κ3) is 1.83. The molecule has 1 aromatic heterocycles. The van der Waals surface area contributed by atoms with Crippen molar-refractivity contribution >= 4 is 53.1 Å². The first-order valence-electron chi connectivity index (χ1n) is 3.40. The molecule has 0 aliphatic heterocycles. The molecule has 1 heterocycles. The third-order valence-electron chi connectivity index (χ3n) is 1.61. The zero-order valence-corrected chi connectivity index (χ0v) is 6.75. The van der Waals surface area contributed by atoms with Crippen molar-refractivity contribution in [2.24, 2.45) is 0 Å². The van der Waals surface area contributed by atoms with Gasteiger partial charge in [0.2, 0.25) is 0 Å². The molecule has 0 saturated carbocycles. The van der Waals surface area contributed by atoms with E-state index in [2.05, 4.69) is 17.6 Å². The zero-order valence-electron chi connectivity index (χ0n) is 5.86. The second-order valence-electron chi connectivity index (χ2n) is 2.35. The fourth-order valence-electron chi connectivity index (χ4n) is 1.09. The summed E-state index contributed by atoms with van der Waals surface area (Å²) in [5.74, 6) is 0. The number of hydrogen-bond acceptors (Lipinski definition) is 2. The summed E-state index contributed by atoms with van der Waals surface area (Å²) in [6, 6.07) is 9.91. The standard InChI is InChI=1S/C9H7NS.Na.H/c11-8-5-1-3-7-4-2-6-10-9(7)8;;/h1-6,11H;;. The van der Waals surface area contributed by atoms with Crippen LogP contribution >= 0.6 is 12.6 Å². The third-order valence-corrected chi connectivity index (χ3v) is 1.97. The van der Waals surface area contributed by atoms with Crippen LogP contribution in [0.1, 0.15) is 0 Å². The van der Waals surface area contributed by atoms with Crippen LogP contribution in [0.15, 0.2) is 41.4 Å². The van der Waals surface area contributed by atoms with Crippen molar-refractivity contribution in [1.82, 2.24) is 4.98 Å². The molecule has 0 spiro atoms. The van der Waals surface area contributed by atoms with E-state index in [1.807, 2.05) is 30.3 Å². The number of pyridine rings is 1. The Bertz CT molecular complexity index is 384. The quantitative estimate of drug-likeness (QED) is 0.488. The SMILES string of the molecule is Sc1cccc2cccnc12.[NaH]. The van der Waals surface area contributed by atoms with Crippen LogP contribution in [0.4, 0.5) is 0 Å². The Morgan fingerprint density at radius 3 is 2.58 bits per heavy atom. The number of para-hydroxylation sites is 1. The molecule has 0 N–H and O–H groups in total. The molecule has 0 unspecified atom stereocenters. The van der Waals surface area contributed by atoms with Crippen molar-refractivity contribution in [2.45, 2.75) is 4.90 Å². The number of thiol groups is 1. The van der Waals surface area contributed by atoms with Gasteiger partial charge < -0.3 is 0 Å². The Balaban J connectivity index is 0.000000720. The van der Waals surface area contributed by atoms with E-state index in [0.717, 1.165) is 15.8 Å². The zero-order chi connectivity index (χ0) is 7.68. The molecule has 2 rings (SSSR count). The molecule has 0 bridgehead atoms. The normalized spacial score (nSPS) is 9.42. The van der Waals surface area contributed by atoms with E-state index in [1.165, 1.54) is 0 Å². The molecule has 0 aliphatic carbocycles. The van der Waals surface area contributed by atoms with E-state index in [1.54, 1.807) is 6.20 Å². The molecule has 56 valence electrons. The van der Waals surface area contributed by atoms with Gasteiger partial charge in [0, 0.05) is 16.5 Å². The van der Waals surface area contributed by atoms with Gasteiger partial charge >= 0.3 is 29.6 Å². The summed E-state index contributed by atoms with van der Waals surface area (Å²) in [6.07, 6.45) is 1.78. The molecule has 1 nitrogen and oxygen atoms in total. The van der Waals surface area contributed by atoms with Gasteiger partial charge in [-0.2, -0.15) is 0 Å². The van der Waals surface area contributed by atoms with Crippen molar-refractivity contribution in [3.8, 4) is 0 Å². The Hall–Kier alpha value is -0.0200. The topological polar surface area (TPSA) is 12.9 Å². The van der Waals surface area contributed by atoms with Crippen LogP contribution in [0, 0.1) is 0 Å². The van der Waals surface area contributed by atoms with Crippen LogP contribution in [0.25, 0.3) is 10.9 Å². The van der Waals surface area contributed by atoms with Gasteiger partial charge in [-0.1, -0.05) is 18.2 Å². The second kappa shape index (κ2) is 4.28. The van der Waals surface area contributed by atoms with Gasteiger partial charge in [-0.05, 0) is 12.1 Å². The number of nitrogens with zero attached hydrogens (tertiary/aromatic N) is 1. The summed E-state index contributed by atoms with van der Waals surface area (Å²) < 4.78 is 0. The van der Waals surface area contributed by atoms with Gasteiger partial charge in [-0.15, -0.1) is 12.6 Å². The summed E-state index contributed by atoms with van der Waals surface area (Å²) in [7, 11) is 0. The predicted octanol–water partition coefficient (Wildman–Crippen LogP) is 1.87. The van der Waals surface area contributed by atoms with Crippen molar-refractivity contribution in [1.29, 1.82) is 0 Å². The van der Waals surface area contributed by atoms with Gasteiger partial charge in [0.05, 0.1) is 5.52 Å². The predicted molar refractivity (Wildman–Crippen MR) is 56.1 cm³/mol. The fraction of sp³-hybridized carbons (Fsp3) is 0. The molecule has 0 radical (unpaired) electrons. The molecule has 0 fully saturated rings. The van der Waals surface area contributed by atoms with Gasteiger partial charge in [-0.3, -0.25) is 4.98 Å². The maximum absolute atomic E-state index is 4.29. The molecule has 12 heavy (non-hydrogen) atoms. The average molecular weight is 185 g/mol. The number of aromatic nitrogens is 1. The van der Waals surface area contributed by atoms with Crippen LogP contribution in [0.5, 0.6) is 0 Å². The number of benzene rings is 1. The van der Waals surface area contributed by atoms with Crippen LogP contribution in [-0.4, -0.2) is 34.5 Å². The maximum atomic E-state index is 4.29. The van der Waals surface area contributed by atoms with E-state index in [4.69, 9.17) is 0 Å². The van der Waals surface area contributed by atoms with Gasteiger partial charge in [0.1, 0.15) is 0 Å². The minimum absolute atomic E-state index is 0. The molecule has 3 heteroatoms. The molecular weight excluding hydrogens is 177 g/mol. The Morgan fingerprint density at radius 2 is 1.83 bits per heavy atom. The van der Waals surface area contributed by atoms with Crippen molar-refractivity contribution in [2.75, 3.05) is 0 Å². The summed E-state index contributed by atoms with van der Waals surface area (Å²) in [5, 5.41) is 1.14. The first kappa shape index (κ1) is 10.1. The van der Waals surface area contributed by atoms with Crippen LogP contribution in [0.3, 0.4) is 0 Å². The van der Waals surface area contributed by atoms with Gasteiger partial charge in [-0.25, -0.2) is 0 Å². The van der Waals surface area contributed by atoms with Crippen LogP contribution in [-0.2, 0) is 0 Å². The van der Waals surface area contributed by atoms with E-state index < -0.39 is 0 Å².